The molecule has 1 saturated heterocycles. The predicted molar refractivity (Wildman–Crippen MR) is 159 cm³/mol. The molecule has 0 spiro atoms. The number of amides is 2. The van der Waals surface area contributed by atoms with Crippen LogP contribution in [0.3, 0.4) is 0 Å². The van der Waals surface area contributed by atoms with E-state index in [2.05, 4.69) is 9.44 Å². The van der Waals surface area contributed by atoms with Gasteiger partial charge < -0.3 is 15.5 Å². The first kappa shape index (κ1) is 29.9. The lowest BCUT2D eigenvalue weighted by Crippen LogP contribution is -2.57. The molecule has 0 aromatic heterocycles. The fraction of sp³-hybridized carbons (Fsp3) is 0.300. The third-order valence-corrected chi connectivity index (χ3v) is 8.33. The third-order valence-electron chi connectivity index (χ3n) is 7.19. The number of hydrogen-bond acceptors (Lipinski definition) is 5. The molecule has 0 aliphatic carbocycles. The predicted octanol–water partition coefficient (Wildman–Crippen LogP) is 1.83. The lowest BCUT2D eigenvalue weighted by Gasteiger charge is -2.36. The highest BCUT2D eigenvalue weighted by Crippen LogP contribution is 2.24. The summed E-state index contributed by atoms with van der Waals surface area (Å²) in [6.45, 7) is 2.95. The van der Waals surface area contributed by atoms with Crippen molar-refractivity contribution in [1.29, 1.82) is 5.41 Å². The number of nitrogens with zero attached hydrogens (tertiary/aromatic N) is 2. The Kier molecular flexibility index (Phi) is 9.87. The van der Waals surface area contributed by atoms with Crippen molar-refractivity contribution in [3.05, 3.63) is 107 Å². The summed E-state index contributed by atoms with van der Waals surface area (Å²) in [5.41, 5.74) is 8.71. The second-order valence-electron chi connectivity index (χ2n) is 10.0. The van der Waals surface area contributed by atoms with Crippen LogP contribution in [0, 0.1) is 5.41 Å². The summed E-state index contributed by atoms with van der Waals surface area (Å²) >= 11 is 0. The van der Waals surface area contributed by atoms with Crippen LogP contribution in [-0.2, 0) is 26.2 Å². The summed E-state index contributed by atoms with van der Waals surface area (Å²) in [7, 11) is -4.13. The number of amidine groups is 1. The molecule has 10 nitrogen and oxygen atoms in total. The van der Waals surface area contributed by atoms with Gasteiger partial charge in [0.1, 0.15) is 11.9 Å². The van der Waals surface area contributed by atoms with Crippen LogP contribution in [0.25, 0.3) is 0 Å². The Bertz CT molecular complexity index is 1420. The molecular formula is C30H36N6O4S. The number of nitrogens with one attached hydrogen (secondary N) is 3. The molecule has 1 fully saturated rings. The van der Waals surface area contributed by atoms with E-state index in [-0.39, 0.29) is 36.5 Å². The SMILES string of the molecule is CC(=O)N1CCN(C(=O)C(Cc2cccc(C(=N)N)c2)NS(=O)(=O)NCC(c2ccccc2)c2ccccc2)CC1. The minimum Gasteiger partial charge on any atom is -0.384 e. The van der Waals surface area contributed by atoms with Crippen molar-refractivity contribution >= 4 is 27.9 Å². The highest BCUT2D eigenvalue weighted by atomic mass is 32.2. The number of carbonyl (C=O) groups is 2. The van der Waals surface area contributed by atoms with Gasteiger partial charge >= 0.3 is 0 Å². The molecule has 0 bridgehead atoms. The molecule has 1 heterocycles. The van der Waals surface area contributed by atoms with Gasteiger partial charge in [-0.2, -0.15) is 13.1 Å². The zero-order valence-electron chi connectivity index (χ0n) is 23.0. The minimum absolute atomic E-state index is 0.0639. The van der Waals surface area contributed by atoms with Gasteiger partial charge in [-0.15, -0.1) is 0 Å². The van der Waals surface area contributed by atoms with Crippen molar-refractivity contribution in [3.8, 4) is 0 Å². The lowest BCUT2D eigenvalue weighted by molar-refractivity contribution is -0.139. The Morgan fingerprint density at radius 1 is 0.878 bits per heavy atom. The fourth-order valence-electron chi connectivity index (χ4n) is 4.96. The lowest BCUT2D eigenvalue weighted by atomic mass is 9.92. The number of carbonyl (C=O) groups excluding carboxylic acids is 2. The van der Waals surface area contributed by atoms with Crippen LogP contribution < -0.4 is 15.2 Å². The molecular weight excluding hydrogens is 540 g/mol. The smallest absolute Gasteiger partial charge is 0.277 e. The summed E-state index contributed by atoms with van der Waals surface area (Å²) < 4.78 is 32.1. The fourth-order valence-corrected chi connectivity index (χ4v) is 5.99. The average molecular weight is 577 g/mol. The molecule has 5 N–H and O–H groups in total. The Morgan fingerprint density at radius 3 is 1.98 bits per heavy atom. The van der Waals surface area contributed by atoms with Crippen molar-refractivity contribution < 1.29 is 18.0 Å². The van der Waals surface area contributed by atoms with Crippen molar-refractivity contribution in [3.63, 3.8) is 0 Å². The molecule has 1 aliphatic rings. The van der Waals surface area contributed by atoms with Crippen molar-refractivity contribution in [2.75, 3.05) is 32.7 Å². The molecule has 2 amide bonds. The number of nitrogen functional groups attached to an aromatic ring is 1. The van der Waals surface area contributed by atoms with E-state index >= 15 is 0 Å². The summed E-state index contributed by atoms with van der Waals surface area (Å²) in [6.07, 6.45) is 0.0641. The van der Waals surface area contributed by atoms with E-state index in [1.54, 1.807) is 34.1 Å². The number of hydrogen-bond donors (Lipinski definition) is 4. The maximum absolute atomic E-state index is 13.7. The van der Waals surface area contributed by atoms with Crippen molar-refractivity contribution in [2.45, 2.75) is 25.3 Å². The Labute approximate surface area is 241 Å². The summed E-state index contributed by atoms with van der Waals surface area (Å²) in [4.78, 5) is 28.7. The van der Waals surface area contributed by atoms with Gasteiger partial charge in [0.05, 0.1) is 0 Å². The standard InChI is InChI=1S/C30H36N6O4S/c1-22(37)35-15-17-36(18-16-35)30(38)28(20-23-9-8-14-26(19-23)29(31)32)34-41(39,40)33-21-27(24-10-4-2-5-11-24)25-12-6-3-7-13-25/h2-14,19,27-28,33-34H,15-18,20-21H2,1H3,(H3,31,32). The van der Waals surface area contributed by atoms with Gasteiger partial charge in [-0.05, 0) is 29.2 Å². The van der Waals surface area contributed by atoms with Crippen LogP contribution in [0.5, 0.6) is 0 Å². The maximum atomic E-state index is 13.7. The molecule has 1 aliphatic heterocycles. The average Bonchev–Trinajstić information content (AvgIpc) is 2.97. The topological polar surface area (TPSA) is 149 Å². The van der Waals surface area contributed by atoms with E-state index in [9.17, 15) is 18.0 Å². The number of benzene rings is 3. The van der Waals surface area contributed by atoms with Gasteiger partial charge in [-0.3, -0.25) is 15.0 Å². The van der Waals surface area contributed by atoms with E-state index in [1.165, 1.54) is 6.92 Å². The van der Waals surface area contributed by atoms with Crippen LogP contribution in [0.15, 0.2) is 84.9 Å². The molecule has 11 heteroatoms. The molecule has 41 heavy (non-hydrogen) atoms. The van der Waals surface area contributed by atoms with Gasteiger partial charge in [0, 0.05) is 51.1 Å². The first-order chi connectivity index (χ1) is 19.6. The molecule has 4 rings (SSSR count). The molecule has 216 valence electrons. The van der Waals surface area contributed by atoms with Gasteiger partial charge in [-0.1, -0.05) is 78.9 Å². The van der Waals surface area contributed by atoms with Crippen LogP contribution >= 0.6 is 0 Å². The van der Waals surface area contributed by atoms with Gasteiger partial charge in [0.25, 0.3) is 10.2 Å². The summed E-state index contributed by atoms with van der Waals surface area (Å²) in [6, 6.07) is 25.0. The Morgan fingerprint density at radius 2 is 1.44 bits per heavy atom. The molecule has 3 aromatic rings. The highest BCUT2D eigenvalue weighted by Gasteiger charge is 2.31. The number of piperazine rings is 1. The Hall–Kier alpha value is -4.06. The van der Waals surface area contributed by atoms with E-state index < -0.39 is 16.3 Å². The van der Waals surface area contributed by atoms with Crippen LogP contribution in [-0.4, -0.2) is 74.6 Å². The third kappa shape index (κ3) is 8.23. The van der Waals surface area contributed by atoms with Crippen LogP contribution in [0.2, 0.25) is 0 Å². The highest BCUT2D eigenvalue weighted by molar-refractivity contribution is 7.87. The molecule has 0 saturated carbocycles. The van der Waals surface area contributed by atoms with E-state index in [4.69, 9.17) is 11.1 Å². The van der Waals surface area contributed by atoms with Crippen molar-refractivity contribution in [2.24, 2.45) is 5.73 Å². The van der Waals surface area contributed by atoms with Crippen LogP contribution in [0.1, 0.15) is 35.1 Å². The minimum atomic E-state index is -4.13. The van der Waals surface area contributed by atoms with Gasteiger partial charge in [0.2, 0.25) is 11.8 Å². The molecule has 1 atom stereocenters. The normalized spacial score (nSPS) is 14.6. The first-order valence-electron chi connectivity index (χ1n) is 13.5. The second-order valence-corrected chi connectivity index (χ2v) is 11.6. The monoisotopic (exact) mass is 576 g/mol. The zero-order valence-corrected chi connectivity index (χ0v) is 23.8. The molecule has 3 aromatic carbocycles. The van der Waals surface area contributed by atoms with E-state index in [0.29, 0.717) is 37.3 Å². The molecule has 0 radical (unpaired) electrons. The van der Waals surface area contributed by atoms with Gasteiger partial charge in [-0.25, -0.2) is 4.72 Å². The molecule has 1 unspecified atom stereocenters. The number of nitrogens with two attached hydrogens (primary N) is 1. The maximum Gasteiger partial charge on any atom is 0.277 e. The van der Waals surface area contributed by atoms with E-state index in [1.807, 2.05) is 60.7 Å². The Balaban J connectivity index is 1.54. The van der Waals surface area contributed by atoms with Gasteiger partial charge in [0.15, 0.2) is 0 Å². The van der Waals surface area contributed by atoms with Crippen LogP contribution in [0.4, 0.5) is 0 Å². The summed E-state index contributed by atoms with van der Waals surface area (Å²) in [5, 5.41) is 7.74. The quantitative estimate of drug-likeness (QED) is 0.203. The number of rotatable bonds is 11. The van der Waals surface area contributed by atoms with E-state index in [0.717, 1.165) is 11.1 Å². The first-order valence-corrected chi connectivity index (χ1v) is 15.0. The zero-order chi connectivity index (χ0) is 29.4. The second kappa shape index (κ2) is 13.5. The summed E-state index contributed by atoms with van der Waals surface area (Å²) in [5.74, 6) is -0.805. The van der Waals surface area contributed by atoms with Crippen molar-refractivity contribution in [1.82, 2.24) is 19.2 Å². The largest absolute Gasteiger partial charge is 0.384 e.